The number of ether oxygens (including phenoxy) is 1. The van der Waals surface area contributed by atoms with Crippen molar-refractivity contribution in [2.24, 2.45) is 5.92 Å². The Morgan fingerprint density at radius 3 is 2.61 bits per heavy atom. The van der Waals surface area contributed by atoms with Gasteiger partial charge < -0.3 is 14.5 Å². The van der Waals surface area contributed by atoms with Gasteiger partial charge in [0.1, 0.15) is 0 Å². The van der Waals surface area contributed by atoms with Crippen LogP contribution in [-0.2, 0) is 20.9 Å². The lowest BCUT2D eigenvalue weighted by Gasteiger charge is -2.32. The maximum atomic E-state index is 12.7. The van der Waals surface area contributed by atoms with E-state index < -0.39 is 0 Å². The Morgan fingerprint density at radius 2 is 1.94 bits per heavy atom. The minimum atomic E-state index is -0.278. The summed E-state index contributed by atoms with van der Waals surface area (Å²) in [5.41, 5.74) is 1.31. The van der Waals surface area contributed by atoms with Crippen molar-refractivity contribution < 1.29 is 19.1 Å². The largest absolute Gasteiger partial charge is 0.466 e. The Hall–Kier alpha value is -2.87. The van der Waals surface area contributed by atoms with Crippen LogP contribution < -0.4 is 0 Å². The third-order valence-electron chi connectivity index (χ3n) is 5.36. The molecule has 31 heavy (non-hydrogen) atoms. The van der Waals surface area contributed by atoms with Gasteiger partial charge in [0.05, 0.1) is 37.4 Å². The minimum absolute atomic E-state index is 0.0292. The second-order valence-electron chi connectivity index (χ2n) is 7.59. The van der Waals surface area contributed by atoms with Crippen molar-refractivity contribution in [2.45, 2.75) is 26.3 Å². The topological polar surface area (TPSA) is 84.7 Å². The smallest absolute Gasteiger partial charge is 0.309 e. The van der Waals surface area contributed by atoms with E-state index in [1.807, 2.05) is 18.2 Å². The van der Waals surface area contributed by atoms with Crippen LogP contribution in [-0.4, -0.2) is 70.7 Å². The van der Waals surface area contributed by atoms with Crippen molar-refractivity contribution in [1.29, 1.82) is 0 Å². The summed E-state index contributed by atoms with van der Waals surface area (Å²) in [6.07, 6.45) is 4.30. The van der Waals surface area contributed by atoms with Crippen molar-refractivity contribution in [2.75, 3.05) is 33.3 Å². The predicted molar refractivity (Wildman–Crippen MR) is 116 cm³/mol. The fourth-order valence-corrected chi connectivity index (χ4v) is 3.78. The summed E-state index contributed by atoms with van der Waals surface area (Å²) in [6, 6.07) is 7.46. The molecule has 1 saturated heterocycles. The normalized spacial score (nSPS) is 14.4. The molecule has 2 aromatic rings. The highest BCUT2D eigenvalue weighted by molar-refractivity contribution is 6.31. The zero-order valence-electron chi connectivity index (χ0n) is 17.8. The Bertz CT molecular complexity index is 937. The number of piperidine rings is 1. The van der Waals surface area contributed by atoms with E-state index in [1.165, 1.54) is 11.1 Å². The quantitative estimate of drug-likeness (QED) is 0.610. The first-order valence-corrected chi connectivity index (χ1v) is 10.7. The van der Waals surface area contributed by atoms with Gasteiger partial charge in [0.15, 0.2) is 0 Å². The van der Waals surface area contributed by atoms with Gasteiger partial charge in [-0.3, -0.25) is 19.1 Å². The van der Waals surface area contributed by atoms with Crippen molar-refractivity contribution in [1.82, 2.24) is 19.6 Å². The van der Waals surface area contributed by atoms with Crippen LogP contribution >= 0.6 is 11.6 Å². The highest BCUT2D eigenvalue weighted by atomic mass is 35.5. The van der Waals surface area contributed by atoms with Crippen molar-refractivity contribution in [3.8, 4) is 0 Å². The molecule has 8 nitrogen and oxygen atoms in total. The number of likely N-dealkylation sites (tertiary alicyclic amines) is 1. The lowest BCUT2D eigenvalue weighted by Crippen LogP contribution is -2.45. The van der Waals surface area contributed by atoms with Crippen LogP contribution in [0.1, 0.15) is 35.7 Å². The second-order valence-corrected chi connectivity index (χ2v) is 7.99. The van der Waals surface area contributed by atoms with Gasteiger partial charge in [0, 0.05) is 31.4 Å². The molecular formula is C22H27ClN4O4. The van der Waals surface area contributed by atoms with Crippen LogP contribution in [0, 0.1) is 5.92 Å². The van der Waals surface area contributed by atoms with Gasteiger partial charge in [-0.1, -0.05) is 29.8 Å². The summed E-state index contributed by atoms with van der Waals surface area (Å²) in [6.45, 7) is 3.54. The number of likely N-dealkylation sites (N-methyl/N-ethyl adjacent to an activating group) is 1. The van der Waals surface area contributed by atoms with E-state index in [0.29, 0.717) is 49.7 Å². The highest BCUT2D eigenvalue weighted by Gasteiger charge is 2.29. The second kappa shape index (κ2) is 10.4. The van der Waals surface area contributed by atoms with E-state index in [9.17, 15) is 14.4 Å². The molecule has 1 aliphatic heterocycles. The number of amides is 2. The third-order valence-corrected chi connectivity index (χ3v) is 5.73. The van der Waals surface area contributed by atoms with E-state index in [-0.39, 0.29) is 30.2 Å². The molecule has 0 saturated carbocycles. The van der Waals surface area contributed by atoms with Crippen LogP contribution in [0.4, 0.5) is 0 Å². The first-order chi connectivity index (χ1) is 14.9. The number of hydrogen-bond donors (Lipinski definition) is 0. The lowest BCUT2D eigenvalue weighted by atomic mass is 9.97. The number of esters is 1. The van der Waals surface area contributed by atoms with Gasteiger partial charge in [0.2, 0.25) is 5.91 Å². The summed E-state index contributed by atoms with van der Waals surface area (Å²) < 4.78 is 6.70. The third kappa shape index (κ3) is 5.85. The number of aromatic nitrogens is 2. The summed E-state index contributed by atoms with van der Waals surface area (Å²) >= 11 is 6.18. The van der Waals surface area contributed by atoms with E-state index in [2.05, 4.69) is 5.10 Å². The number of nitrogens with zero attached hydrogens (tertiary/aromatic N) is 4. The van der Waals surface area contributed by atoms with E-state index >= 15 is 0 Å². The lowest BCUT2D eigenvalue weighted by molar-refractivity contribution is -0.151. The summed E-state index contributed by atoms with van der Waals surface area (Å²) in [7, 11) is 1.59. The molecule has 1 fully saturated rings. The number of hydrogen-bond acceptors (Lipinski definition) is 5. The van der Waals surface area contributed by atoms with Crippen LogP contribution in [0.5, 0.6) is 0 Å². The fourth-order valence-electron chi connectivity index (χ4n) is 3.58. The van der Waals surface area contributed by atoms with Crippen LogP contribution in [0.15, 0.2) is 36.7 Å². The van der Waals surface area contributed by atoms with Gasteiger partial charge in [-0.2, -0.15) is 5.10 Å². The van der Waals surface area contributed by atoms with Crippen LogP contribution in [0.3, 0.4) is 0 Å². The molecular weight excluding hydrogens is 420 g/mol. The molecule has 2 heterocycles. The van der Waals surface area contributed by atoms with Crippen LogP contribution in [0.2, 0.25) is 5.02 Å². The van der Waals surface area contributed by atoms with Gasteiger partial charge in [-0.25, -0.2) is 0 Å². The van der Waals surface area contributed by atoms with E-state index in [0.717, 1.165) is 5.56 Å². The minimum Gasteiger partial charge on any atom is -0.466 e. The maximum absolute atomic E-state index is 12.7. The molecule has 9 heteroatoms. The number of rotatable bonds is 7. The number of benzene rings is 1. The van der Waals surface area contributed by atoms with Gasteiger partial charge in [-0.15, -0.1) is 0 Å². The molecule has 0 spiro atoms. The average Bonchev–Trinajstić information content (AvgIpc) is 3.23. The SMILES string of the molecule is CCOC(=O)C1CCN(C(=O)CN(C)C(=O)c2cnn(Cc3ccccc3Cl)c2)CC1. The molecule has 1 aromatic heterocycles. The summed E-state index contributed by atoms with van der Waals surface area (Å²) in [4.78, 5) is 40.3. The first kappa shape index (κ1) is 22.8. The Balaban J connectivity index is 1.52. The zero-order valence-corrected chi connectivity index (χ0v) is 18.5. The van der Waals surface area contributed by atoms with Crippen molar-refractivity contribution in [3.05, 3.63) is 52.8 Å². The first-order valence-electron chi connectivity index (χ1n) is 10.3. The Morgan fingerprint density at radius 1 is 1.23 bits per heavy atom. The van der Waals surface area contributed by atoms with Gasteiger partial charge in [-0.05, 0) is 31.4 Å². The van der Waals surface area contributed by atoms with Gasteiger partial charge >= 0.3 is 5.97 Å². The monoisotopic (exact) mass is 446 g/mol. The summed E-state index contributed by atoms with van der Waals surface area (Å²) in [5.74, 6) is -0.773. The number of carbonyl (C=O) groups excluding carboxylic acids is 3. The molecule has 3 rings (SSSR count). The molecule has 0 aliphatic carbocycles. The predicted octanol–water partition coefficient (Wildman–Crippen LogP) is 2.46. The molecule has 0 radical (unpaired) electrons. The molecule has 0 unspecified atom stereocenters. The standard InChI is InChI=1S/C22H27ClN4O4/c1-3-31-22(30)16-8-10-26(11-9-16)20(28)15-25(2)21(29)18-12-24-27(14-18)13-17-6-4-5-7-19(17)23/h4-7,12,14,16H,3,8-11,13,15H2,1-2H3. The van der Waals surface area contributed by atoms with Crippen molar-refractivity contribution >= 4 is 29.4 Å². The van der Waals surface area contributed by atoms with Crippen molar-refractivity contribution in [3.63, 3.8) is 0 Å². The zero-order chi connectivity index (χ0) is 22.4. The molecule has 2 amide bonds. The van der Waals surface area contributed by atoms with Gasteiger partial charge in [0.25, 0.3) is 5.91 Å². The highest BCUT2D eigenvalue weighted by Crippen LogP contribution is 2.19. The van der Waals surface area contributed by atoms with Crippen LogP contribution in [0.25, 0.3) is 0 Å². The average molecular weight is 447 g/mol. The van der Waals surface area contributed by atoms with E-state index in [4.69, 9.17) is 16.3 Å². The molecule has 0 bridgehead atoms. The molecule has 0 N–H and O–H groups in total. The van der Waals surface area contributed by atoms with E-state index in [1.54, 1.807) is 35.8 Å². The fraction of sp³-hybridized carbons (Fsp3) is 0.455. The Kier molecular flexibility index (Phi) is 7.68. The number of halogens is 1. The Labute approximate surface area is 186 Å². The summed E-state index contributed by atoms with van der Waals surface area (Å²) in [5, 5.41) is 4.88. The number of carbonyl (C=O) groups is 3. The molecule has 0 atom stereocenters. The molecule has 166 valence electrons. The maximum Gasteiger partial charge on any atom is 0.309 e. The molecule has 1 aliphatic rings. The molecule has 1 aromatic carbocycles.